The number of carbonyl (C=O) groups is 1. The first-order chi connectivity index (χ1) is 11.6. The lowest BCUT2D eigenvalue weighted by Crippen LogP contribution is -2.30. The van der Waals surface area contributed by atoms with Crippen LogP contribution in [0, 0.1) is 12.7 Å². The van der Waals surface area contributed by atoms with Crippen molar-refractivity contribution in [3.63, 3.8) is 0 Å². The Balaban J connectivity index is 1.63. The summed E-state index contributed by atoms with van der Waals surface area (Å²) in [6.45, 7) is 3.22. The maximum Gasteiger partial charge on any atom is 0.227 e. The average molecular weight is 329 g/mol. The fourth-order valence-electron chi connectivity index (χ4n) is 2.97. The number of ether oxygens (including phenoxy) is 1. The Morgan fingerprint density at radius 2 is 2.25 bits per heavy atom. The molecule has 0 N–H and O–H groups in total. The van der Waals surface area contributed by atoms with Gasteiger partial charge in [-0.05, 0) is 37.1 Å². The van der Waals surface area contributed by atoms with Crippen LogP contribution in [-0.4, -0.2) is 41.0 Å². The molecular weight excluding hydrogens is 309 g/mol. The van der Waals surface area contributed by atoms with E-state index in [2.05, 4.69) is 9.97 Å². The molecule has 1 aromatic carbocycles. The zero-order valence-electron chi connectivity index (χ0n) is 13.8. The summed E-state index contributed by atoms with van der Waals surface area (Å²) in [5.41, 5.74) is 1.58. The molecule has 2 heterocycles. The zero-order valence-corrected chi connectivity index (χ0v) is 13.8. The summed E-state index contributed by atoms with van der Waals surface area (Å²) < 4.78 is 18.6. The summed E-state index contributed by atoms with van der Waals surface area (Å²) in [5.74, 6) is 0.691. The molecule has 1 aromatic heterocycles. The third-order valence-corrected chi connectivity index (χ3v) is 4.29. The first kappa shape index (κ1) is 16.4. The van der Waals surface area contributed by atoms with Gasteiger partial charge < -0.3 is 9.64 Å². The predicted molar refractivity (Wildman–Crippen MR) is 87.4 cm³/mol. The average Bonchev–Trinajstić information content (AvgIpc) is 3.05. The van der Waals surface area contributed by atoms with Crippen molar-refractivity contribution in [1.29, 1.82) is 0 Å². The van der Waals surface area contributed by atoms with Crippen molar-refractivity contribution in [2.75, 3.05) is 20.2 Å². The standard InChI is InChI=1S/C18H20FN3O2/c1-12-5-7-20-18(21-12)14-6-8-22(11-14)17(23)10-13-3-4-16(24-2)15(19)9-13/h3-5,7,9,14H,6,8,10-11H2,1-2H3. The highest BCUT2D eigenvalue weighted by Crippen LogP contribution is 2.25. The van der Waals surface area contributed by atoms with E-state index in [1.54, 1.807) is 23.2 Å². The lowest BCUT2D eigenvalue weighted by molar-refractivity contribution is -0.129. The van der Waals surface area contributed by atoms with Gasteiger partial charge in [0.2, 0.25) is 5.91 Å². The van der Waals surface area contributed by atoms with Crippen LogP contribution in [-0.2, 0) is 11.2 Å². The van der Waals surface area contributed by atoms with Gasteiger partial charge in [-0.15, -0.1) is 0 Å². The lowest BCUT2D eigenvalue weighted by Gasteiger charge is -2.16. The van der Waals surface area contributed by atoms with E-state index in [9.17, 15) is 9.18 Å². The number of hydrogen-bond donors (Lipinski definition) is 0. The molecule has 6 heteroatoms. The minimum Gasteiger partial charge on any atom is -0.494 e. The predicted octanol–water partition coefficient (Wildman–Crippen LogP) is 2.49. The number of carbonyl (C=O) groups excluding carboxylic acids is 1. The largest absolute Gasteiger partial charge is 0.494 e. The van der Waals surface area contributed by atoms with Gasteiger partial charge in [0.05, 0.1) is 13.5 Å². The number of aromatic nitrogens is 2. The number of methoxy groups -OCH3 is 1. The second-order valence-corrected chi connectivity index (χ2v) is 6.03. The van der Waals surface area contributed by atoms with Gasteiger partial charge in [0.25, 0.3) is 0 Å². The molecule has 2 aromatic rings. The second-order valence-electron chi connectivity index (χ2n) is 6.03. The third-order valence-electron chi connectivity index (χ3n) is 4.29. The van der Waals surface area contributed by atoms with Crippen molar-refractivity contribution in [2.45, 2.75) is 25.7 Å². The van der Waals surface area contributed by atoms with Crippen molar-refractivity contribution in [3.05, 3.63) is 53.4 Å². The first-order valence-electron chi connectivity index (χ1n) is 7.96. The van der Waals surface area contributed by atoms with Gasteiger partial charge in [-0.3, -0.25) is 4.79 Å². The number of aryl methyl sites for hydroxylation is 1. The second kappa shape index (κ2) is 6.95. The van der Waals surface area contributed by atoms with Gasteiger partial charge in [0.1, 0.15) is 5.82 Å². The van der Waals surface area contributed by atoms with E-state index in [0.29, 0.717) is 18.7 Å². The van der Waals surface area contributed by atoms with E-state index in [1.165, 1.54) is 13.2 Å². The topological polar surface area (TPSA) is 55.3 Å². The highest BCUT2D eigenvalue weighted by Gasteiger charge is 2.29. The number of nitrogens with zero attached hydrogens (tertiary/aromatic N) is 3. The molecule has 1 saturated heterocycles. The van der Waals surface area contributed by atoms with Gasteiger partial charge in [-0.25, -0.2) is 14.4 Å². The molecule has 1 atom stereocenters. The Hall–Kier alpha value is -2.50. The van der Waals surface area contributed by atoms with Gasteiger partial charge in [-0.1, -0.05) is 6.07 Å². The minimum atomic E-state index is -0.449. The molecule has 1 aliphatic heterocycles. The molecule has 24 heavy (non-hydrogen) atoms. The molecule has 5 nitrogen and oxygen atoms in total. The van der Waals surface area contributed by atoms with Crippen LogP contribution in [0.15, 0.2) is 30.5 Å². The molecule has 1 fully saturated rings. The lowest BCUT2D eigenvalue weighted by atomic mass is 10.1. The van der Waals surface area contributed by atoms with Gasteiger partial charge in [0, 0.05) is 30.9 Å². The number of amides is 1. The van der Waals surface area contributed by atoms with Crippen molar-refractivity contribution < 1.29 is 13.9 Å². The summed E-state index contributed by atoms with van der Waals surface area (Å²) in [6.07, 6.45) is 2.79. The summed E-state index contributed by atoms with van der Waals surface area (Å²) in [4.78, 5) is 23.0. The molecule has 1 unspecified atom stereocenters. The summed E-state index contributed by atoms with van der Waals surface area (Å²) in [5, 5.41) is 0. The zero-order chi connectivity index (χ0) is 17.1. The van der Waals surface area contributed by atoms with Crippen LogP contribution in [0.5, 0.6) is 5.75 Å². The fraction of sp³-hybridized carbons (Fsp3) is 0.389. The number of rotatable bonds is 4. The molecule has 0 spiro atoms. The Morgan fingerprint density at radius 3 is 2.96 bits per heavy atom. The van der Waals surface area contributed by atoms with Crippen molar-refractivity contribution >= 4 is 5.91 Å². The van der Waals surface area contributed by atoms with E-state index < -0.39 is 5.82 Å². The van der Waals surface area contributed by atoms with Gasteiger partial charge >= 0.3 is 0 Å². The quantitative estimate of drug-likeness (QED) is 0.865. The van der Waals surface area contributed by atoms with Crippen LogP contribution >= 0.6 is 0 Å². The Kier molecular flexibility index (Phi) is 4.74. The third kappa shape index (κ3) is 3.53. The molecule has 1 aliphatic rings. The molecule has 126 valence electrons. The van der Waals surface area contributed by atoms with Crippen LogP contribution < -0.4 is 4.74 Å². The molecule has 1 amide bonds. The number of hydrogen-bond acceptors (Lipinski definition) is 4. The molecule has 0 aliphatic carbocycles. The van der Waals surface area contributed by atoms with E-state index in [4.69, 9.17) is 4.74 Å². The summed E-state index contributed by atoms with van der Waals surface area (Å²) in [7, 11) is 1.42. The first-order valence-corrected chi connectivity index (χ1v) is 7.96. The Morgan fingerprint density at radius 1 is 1.42 bits per heavy atom. The van der Waals surface area contributed by atoms with Crippen LogP contribution in [0.25, 0.3) is 0 Å². The number of likely N-dealkylation sites (tertiary alicyclic amines) is 1. The molecule has 3 rings (SSSR count). The monoisotopic (exact) mass is 329 g/mol. The maximum absolute atomic E-state index is 13.7. The van der Waals surface area contributed by atoms with Crippen molar-refractivity contribution in [3.8, 4) is 5.75 Å². The van der Waals surface area contributed by atoms with Gasteiger partial charge in [-0.2, -0.15) is 0 Å². The number of halogens is 1. The Bertz CT molecular complexity index is 751. The minimum absolute atomic E-state index is 0.00489. The Labute approximate surface area is 140 Å². The van der Waals surface area contributed by atoms with Crippen LogP contribution in [0.4, 0.5) is 4.39 Å². The molecule has 0 radical (unpaired) electrons. The normalized spacial score (nSPS) is 17.1. The number of benzene rings is 1. The van der Waals surface area contributed by atoms with Crippen molar-refractivity contribution in [1.82, 2.24) is 14.9 Å². The molecule has 0 bridgehead atoms. The highest BCUT2D eigenvalue weighted by atomic mass is 19.1. The fourth-order valence-corrected chi connectivity index (χ4v) is 2.97. The van der Waals surface area contributed by atoms with Crippen LogP contribution in [0.3, 0.4) is 0 Å². The summed E-state index contributed by atoms with van der Waals surface area (Å²) in [6, 6.07) is 6.48. The van der Waals surface area contributed by atoms with Gasteiger partial charge in [0.15, 0.2) is 11.6 Å². The maximum atomic E-state index is 13.7. The smallest absolute Gasteiger partial charge is 0.227 e. The van der Waals surface area contributed by atoms with E-state index in [0.717, 1.165) is 17.9 Å². The molecule has 0 saturated carbocycles. The van der Waals surface area contributed by atoms with E-state index in [-0.39, 0.29) is 24.0 Å². The molecular formula is C18H20FN3O2. The van der Waals surface area contributed by atoms with E-state index in [1.807, 2.05) is 13.0 Å². The highest BCUT2D eigenvalue weighted by molar-refractivity contribution is 5.79. The SMILES string of the molecule is COc1ccc(CC(=O)N2CCC(c3nccc(C)n3)C2)cc1F. The van der Waals surface area contributed by atoms with Crippen molar-refractivity contribution in [2.24, 2.45) is 0 Å². The van der Waals surface area contributed by atoms with Crippen LogP contribution in [0.2, 0.25) is 0 Å². The van der Waals surface area contributed by atoms with E-state index >= 15 is 0 Å². The van der Waals surface area contributed by atoms with Crippen LogP contribution in [0.1, 0.15) is 29.4 Å². The summed E-state index contributed by atoms with van der Waals surface area (Å²) >= 11 is 0.